The van der Waals surface area contributed by atoms with Gasteiger partial charge in [-0.3, -0.25) is 0 Å². The summed E-state index contributed by atoms with van der Waals surface area (Å²) >= 11 is 0. The molecule has 0 aliphatic rings. The number of hydrogen-bond donors (Lipinski definition) is 0. The summed E-state index contributed by atoms with van der Waals surface area (Å²) in [4.78, 5) is 21.7. The molecule has 3 rings (SSSR count). The van der Waals surface area contributed by atoms with E-state index in [0.717, 1.165) is 29.9 Å². The van der Waals surface area contributed by atoms with Crippen molar-refractivity contribution in [2.24, 2.45) is 5.92 Å². The Bertz CT molecular complexity index is 1120. The van der Waals surface area contributed by atoms with Crippen molar-refractivity contribution in [3.8, 4) is 17.1 Å². The molecular formula is C35H46N2O2. The molecule has 0 spiro atoms. The molecular weight excluding hydrogens is 480 g/mol. The Morgan fingerprint density at radius 2 is 1.54 bits per heavy atom. The summed E-state index contributed by atoms with van der Waals surface area (Å²) < 4.78 is 5.58. The topological polar surface area (TPSA) is 52.1 Å². The lowest BCUT2D eigenvalue weighted by Gasteiger charge is -2.08. The zero-order chi connectivity index (χ0) is 27.7. The molecule has 2 aromatic carbocycles. The van der Waals surface area contributed by atoms with Gasteiger partial charge in [0.25, 0.3) is 0 Å². The van der Waals surface area contributed by atoms with Crippen molar-refractivity contribution < 1.29 is 9.53 Å². The van der Waals surface area contributed by atoms with Crippen molar-refractivity contribution in [2.45, 2.75) is 97.8 Å². The molecule has 0 N–H and O–H groups in total. The van der Waals surface area contributed by atoms with Crippen LogP contribution in [0.1, 0.15) is 113 Å². The Kier molecular flexibility index (Phi) is 13.5. The Hall–Kier alpha value is -3.27. The molecule has 0 aliphatic heterocycles. The van der Waals surface area contributed by atoms with E-state index in [2.05, 4.69) is 42.9 Å². The molecule has 0 unspecified atom stereocenters. The second-order valence-corrected chi connectivity index (χ2v) is 10.7. The van der Waals surface area contributed by atoms with Crippen LogP contribution in [0.3, 0.4) is 0 Å². The van der Waals surface area contributed by atoms with E-state index in [9.17, 15) is 4.79 Å². The van der Waals surface area contributed by atoms with Gasteiger partial charge in [0, 0.05) is 18.0 Å². The average molecular weight is 527 g/mol. The van der Waals surface area contributed by atoms with Crippen molar-refractivity contribution in [1.82, 2.24) is 9.97 Å². The largest absolute Gasteiger partial charge is 0.423 e. The number of aromatic nitrogens is 2. The summed E-state index contributed by atoms with van der Waals surface area (Å²) in [7, 11) is 0. The molecule has 0 fully saturated rings. The van der Waals surface area contributed by atoms with Crippen LogP contribution < -0.4 is 4.74 Å². The van der Waals surface area contributed by atoms with E-state index in [4.69, 9.17) is 4.74 Å². The van der Waals surface area contributed by atoms with Gasteiger partial charge in [-0.1, -0.05) is 96.4 Å². The number of esters is 1. The van der Waals surface area contributed by atoms with E-state index in [0.29, 0.717) is 17.1 Å². The van der Waals surface area contributed by atoms with Crippen LogP contribution in [0.25, 0.3) is 17.5 Å². The van der Waals surface area contributed by atoms with Gasteiger partial charge in [0.15, 0.2) is 5.82 Å². The van der Waals surface area contributed by atoms with Crippen LogP contribution in [0.2, 0.25) is 0 Å². The zero-order valence-electron chi connectivity index (χ0n) is 24.2. The minimum Gasteiger partial charge on any atom is -0.423 e. The van der Waals surface area contributed by atoms with Gasteiger partial charge in [-0.05, 0) is 79.1 Å². The molecule has 0 amide bonds. The van der Waals surface area contributed by atoms with Gasteiger partial charge in [0.05, 0.1) is 5.56 Å². The number of benzene rings is 2. The molecule has 3 aromatic rings. The number of nitrogens with zero attached hydrogens (tertiary/aromatic N) is 2. The zero-order valence-corrected chi connectivity index (χ0v) is 24.2. The third kappa shape index (κ3) is 11.2. The van der Waals surface area contributed by atoms with Gasteiger partial charge in [-0.2, -0.15) is 0 Å². The molecule has 208 valence electrons. The minimum atomic E-state index is -0.362. The quantitative estimate of drug-likeness (QED) is 0.0997. The molecule has 0 aliphatic carbocycles. The molecule has 4 nitrogen and oxygen atoms in total. The first-order valence-electron chi connectivity index (χ1n) is 15.0. The first-order valence-corrected chi connectivity index (χ1v) is 15.0. The maximum absolute atomic E-state index is 12.6. The molecule has 4 heteroatoms. The number of carbonyl (C=O) groups is 1. The third-order valence-corrected chi connectivity index (χ3v) is 7.32. The fourth-order valence-corrected chi connectivity index (χ4v) is 4.49. The Morgan fingerprint density at radius 1 is 0.846 bits per heavy atom. The molecule has 0 saturated heterocycles. The SMILES string of the molecule is CCCCCCC/C=C/c1ccc(C(=O)Oc2ccc(-c3ncc(CCCCC[C@@H](C)CC)cn3)cc2)cc1. The van der Waals surface area contributed by atoms with Crippen LogP contribution in [-0.2, 0) is 6.42 Å². The summed E-state index contributed by atoms with van der Waals surface area (Å²) in [6.07, 6.45) is 23.1. The highest BCUT2D eigenvalue weighted by Crippen LogP contribution is 2.21. The molecule has 0 radical (unpaired) electrons. The predicted molar refractivity (Wildman–Crippen MR) is 163 cm³/mol. The van der Waals surface area contributed by atoms with Crippen LogP contribution in [0.15, 0.2) is 67.0 Å². The second-order valence-electron chi connectivity index (χ2n) is 10.7. The summed E-state index contributed by atoms with van der Waals surface area (Å²) in [6.45, 7) is 6.83. The van der Waals surface area contributed by atoms with E-state index in [-0.39, 0.29) is 5.97 Å². The minimum absolute atomic E-state index is 0.362. The Labute approximate surface area is 236 Å². The fraction of sp³-hybridized carbons (Fsp3) is 0.457. The van der Waals surface area contributed by atoms with Crippen molar-refractivity contribution in [3.05, 3.63) is 83.7 Å². The standard InChI is InChI=1S/C35H46N2O2/c1-4-6-7-8-9-10-13-16-29-18-20-32(21-19-29)35(38)39-33-24-22-31(23-25-33)34-36-26-30(27-37-34)17-14-11-12-15-28(3)5-2/h13,16,18-28H,4-12,14-15,17H2,1-3H3/b16-13+/t28-/m0/s1. The van der Waals surface area contributed by atoms with Gasteiger partial charge in [0.2, 0.25) is 0 Å². The molecule has 0 bridgehead atoms. The van der Waals surface area contributed by atoms with Gasteiger partial charge in [-0.15, -0.1) is 0 Å². The second kappa shape index (κ2) is 17.3. The van der Waals surface area contributed by atoms with Crippen molar-refractivity contribution in [3.63, 3.8) is 0 Å². The summed E-state index contributed by atoms with van der Waals surface area (Å²) in [5.41, 5.74) is 3.71. The Balaban J connectivity index is 1.43. The smallest absolute Gasteiger partial charge is 0.343 e. The first-order chi connectivity index (χ1) is 19.1. The van der Waals surface area contributed by atoms with Crippen LogP contribution in [-0.4, -0.2) is 15.9 Å². The van der Waals surface area contributed by atoms with E-state index < -0.39 is 0 Å². The molecule has 39 heavy (non-hydrogen) atoms. The average Bonchev–Trinajstić information content (AvgIpc) is 2.97. The summed E-state index contributed by atoms with van der Waals surface area (Å²) in [5, 5.41) is 0. The first kappa shape index (κ1) is 30.3. The third-order valence-electron chi connectivity index (χ3n) is 7.32. The number of unbranched alkanes of at least 4 members (excludes halogenated alkanes) is 7. The maximum atomic E-state index is 12.6. The van der Waals surface area contributed by atoms with Gasteiger partial charge in [-0.25, -0.2) is 14.8 Å². The van der Waals surface area contributed by atoms with Crippen molar-refractivity contribution in [2.75, 3.05) is 0 Å². The maximum Gasteiger partial charge on any atom is 0.343 e. The van der Waals surface area contributed by atoms with Gasteiger partial charge in [0.1, 0.15) is 5.75 Å². The normalized spacial score (nSPS) is 12.1. The van der Waals surface area contributed by atoms with E-state index in [1.165, 1.54) is 69.8 Å². The van der Waals surface area contributed by atoms with E-state index in [1.54, 1.807) is 12.1 Å². The van der Waals surface area contributed by atoms with Crippen molar-refractivity contribution in [1.29, 1.82) is 0 Å². The number of aryl methyl sites for hydroxylation is 1. The summed E-state index contributed by atoms with van der Waals surface area (Å²) in [5.74, 6) is 1.65. The lowest BCUT2D eigenvalue weighted by Crippen LogP contribution is -2.08. The van der Waals surface area contributed by atoms with Crippen LogP contribution in [0, 0.1) is 5.92 Å². The lowest BCUT2D eigenvalue weighted by atomic mass is 10.00. The number of carbonyl (C=O) groups excluding carboxylic acids is 1. The van der Waals surface area contributed by atoms with Crippen LogP contribution >= 0.6 is 0 Å². The highest BCUT2D eigenvalue weighted by molar-refractivity contribution is 5.91. The monoisotopic (exact) mass is 526 g/mol. The predicted octanol–water partition coefficient (Wildman–Crippen LogP) is 9.89. The highest BCUT2D eigenvalue weighted by atomic mass is 16.5. The molecule has 1 aromatic heterocycles. The molecule has 0 saturated carbocycles. The number of hydrogen-bond acceptors (Lipinski definition) is 4. The number of allylic oxidation sites excluding steroid dienone is 1. The Morgan fingerprint density at radius 3 is 2.23 bits per heavy atom. The van der Waals surface area contributed by atoms with Crippen LogP contribution in [0.5, 0.6) is 5.75 Å². The number of rotatable bonds is 17. The summed E-state index contributed by atoms with van der Waals surface area (Å²) in [6, 6.07) is 14.9. The van der Waals surface area contributed by atoms with Crippen molar-refractivity contribution >= 4 is 12.0 Å². The number of ether oxygens (including phenoxy) is 1. The highest BCUT2D eigenvalue weighted by Gasteiger charge is 2.09. The van der Waals surface area contributed by atoms with E-state index in [1.807, 2.05) is 48.8 Å². The van der Waals surface area contributed by atoms with E-state index >= 15 is 0 Å². The van der Waals surface area contributed by atoms with Crippen LogP contribution in [0.4, 0.5) is 0 Å². The molecule has 1 atom stereocenters. The van der Waals surface area contributed by atoms with Gasteiger partial charge >= 0.3 is 5.97 Å². The van der Waals surface area contributed by atoms with Gasteiger partial charge < -0.3 is 4.74 Å². The lowest BCUT2D eigenvalue weighted by molar-refractivity contribution is 0.0735. The fourth-order valence-electron chi connectivity index (χ4n) is 4.49. The molecule has 1 heterocycles.